The number of imidazole rings is 1. The van der Waals surface area contributed by atoms with Crippen LogP contribution in [-0.4, -0.2) is 16.5 Å². The van der Waals surface area contributed by atoms with Gasteiger partial charge in [-0.1, -0.05) is 11.6 Å². The second kappa shape index (κ2) is 4.72. The topological polar surface area (TPSA) is 52.5 Å². The molecule has 4 nitrogen and oxygen atoms in total. The lowest BCUT2D eigenvalue weighted by atomic mass is 10.1. The van der Waals surface area contributed by atoms with Crippen LogP contribution in [0, 0.1) is 6.92 Å². The summed E-state index contributed by atoms with van der Waals surface area (Å²) in [6.45, 7) is 2.01. The van der Waals surface area contributed by atoms with Crippen molar-refractivity contribution >= 4 is 23.1 Å². The van der Waals surface area contributed by atoms with Crippen LogP contribution in [0.15, 0.2) is 36.5 Å². The Kier molecular flexibility index (Phi) is 3.03. The van der Waals surface area contributed by atoms with Crippen molar-refractivity contribution in [1.82, 2.24) is 9.38 Å². The van der Waals surface area contributed by atoms with Crippen molar-refractivity contribution < 1.29 is 4.74 Å². The van der Waals surface area contributed by atoms with Gasteiger partial charge in [-0.25, -0.2) is 4.98 Å². The number of hydrogen-bond donors (Lipinski definition) is 1. The maximum atomic E-state index is 6.19. The molecule has 0 spiro atoms. The highest BCUT2D eigenvalue weighted by molar-refractivity contribution is 6.30. The highest BCUT2D eigenvalue weighted by atomic mass is 35.5. The fourth-order valence-electron chi connectivity index (χ4n) is 2.26. The summed E-state index contributed by atoms with van der Waals surface area (Å²) in [4.78, 5) is 4.58. The maximum absolute atomic E-state index is 6.19. The molecule has 2 aromatic heterocycles. The number of benzene rings is 1. The van der Waals surface area contributed by atoms with Crippen LogP contribution >= 0.6 is 11.6 Å². The van der Waals surface area contributed by atoms with Crippen LogP contribution in [0.3, 0.4) is 0 Å². The third-order valence-corrected chi connectivity index (χ3v) is 3.53. The first-order valence-corrected chi connectivity index (χ1v) is 6.56. The molecule has 3 aromatic rings. The van der Waals surface area contributed by atoms with Crippen LogP contribution in [0.2, 0.25) is 5.02 Å². The fourth-order valence-corrected chi connectivity index (χ4v) is 2.42. The lowest BCUT2D eigenvalue weighted by Crippen LogP contribution is -1.95. The van der Waals surface area contributed by atoms with Gasteiger partial charge in [-0.15, -0.1) is 0 Å². The minimum atomic E-state index is 0.579. The van der Waals surface area contributed by atoms with E-state index in [9.17, 15) is 0 Å². The van der Waals surface area contributed by atoms with Gasteiger partial charge in [-0.3, -0.25) is 4.40 Å². The van der Waals surface area contributed by atoms with Crippen molar-refractivity contribution in [2.45, 2.75) is 6.92 Å². The number of ether oxygens (including phenoxy) is 1. The second-order valence-electron chi connectivity index (χ2n) is 4.60. The SMILES string of the molecule is COc1ccc(-c2nc3ccc(Cl)cn3c2N)c(C)c1. The predicted molar refractivity (Wildman–Crippen MR) is 81.3 cm³/mol. The molecule has 0 amide bonds. The molecular formula is C15H14ClN3O. The summed E-state index contributed by atoms with van der Waals surface area (Å²) in [5, 5.41) is 0.625. The smallest absolute Gasteiger partial charge is 0.139 e. The molecule has 0 saturated heterocycles. The Bertz CT molecular complexity index is 795. The Labute approximate surface area is 121 Å². The van der Waals surface area contributed by atoms with Crippen molar-refractivity contribution in [2.24, 2.45) is 0 Å². The van der Waals surface area contributed by atoms with E-state index in [1.807, 2.05) is 31.2 Å². The monoisotopic (exact) mass is 287 g/mol. The van der Waals surface area contributed by atoms with E-state index in [1.165, 1.54) is 0 Å². The van der Waals surface area contributed by atoms with Gasteiger partial charge in [0, 0.05) is 11.8 Å². The number of nitrogens with two attached hydrogens (primary N) is 1. The number of hydrogen-bond acceptors (Lipinski definition) is 3. The Morgan fingerprint density at radius 2 is 2.05 bits per heavy atom. The van der Waals surface area contributed by atoms with E-state index in [0.29, 0.717) is 10.8 Å². The van der Waals surface area contributed by atoms with Crippen molar-refractivity contribution in [2.75, 3.05) is 12.8 Å². The number of nitrogen functional groups attached to an aromatic ring is 1. The number of pyridine rings is 1. The molecule has 3 rings (SSSR count). The number of anilines is 1. The number of aryl methyl sites for hydroxylation is 1. The third-order valence-electron chi connectivity index (χ3n) is 3.31. The van der Waals surface area contributed by atoms with E-state index in [-0.39, 0.29) is 0 Å². The van der Waals surface area contributed by atoms with Gasteiger partial charge in [0.25, 0.3) is 0 Å². The van der Waals surface area contributed by atoms with Gasteiger partial charge in [0.2, 0.25) is 0 Å². The average Bonchev–Trinajstić information content (AvgIpc) is 2.76. The molecule has 0 radical (unpaired) electrons. The highest BCUT2D eigenvalue weighted by Crippen LogP contribution is 2.31. The molecule has 20 heavy (non-hydrogen) atoms. The molecule has 0 unspecified atom stereocenters. The van der Waals surface area contributed by atoms with Crippen molar-refractivity contribution in [3.63, 3.8) is 0 Å². The standard InChI is InChI=1S/C15H14ClN3O/c1-9-7-11(20-2)4-5-12(9)14-15(17)19-8-10(16)3-6-13(19)18-14/h3-8H,17H2,1-2H3. The summed E-state index contributed by atoms with van der Waals surface area (Å²) in [6, 6.07) is 9.48. The molecule has 0 aliphatic rings. The first-order valence-electron chi connectivity index (χ1n) is 6.18. The molecule has 0 aliphatic carbocycles. The van der Waals surface area contributed by atoms with Gasteiger partial charge in [-0.2, -0.15) is 0 Å². The number of aromatic nitrogens is 2. The first-order chi connectivity index (χ1) is 9.60. The summed E-state index contributed by atoms with van der Waals surface area (Å²) >= 11 is 6.00. The summed E-state index contributed by atoms with van der Waals surface area (Å²) in [7, 11) is 1.65. The van der Waals surface area contributed by atoms with Crippen LogP contribution in [0.5, 0.6) is 5.75 Å². The highest BCUT2D eigenvalue weighted by Gasteiger charge is 2.13. The quantitative estimate of drug-likeness (QED) is 0.784. The number of fused-ring (bicyclic) bond motifs is 1. The Morgan fingerprint density at radius 3 is 2.75 bits per heavy atom. The van der Waals surface area contributed by atoms with Gasteiger partial charge >= 0.3 is 0 Å². The Hall–Kier alpha value is -2.20. The molecule has 2 heterocycles. The average molecular weight is 288 g/mol. The van der Waals surface area contributed by atoms with E-state index < -0.39 is 0 Å². The maximum Gasteiger partial charge on any atom is 0.139 e. The molecule has 1 aromatic carbocycles. The molecule has 0 saturated carbocycles. The number of rotatable bonds is 2. The predicted octanol–water partition coefficient (Wildman–Crippen LogP) is 3.55. The second-order valence-corrected chi connectivity index (χ2v) is 5.04. The normalized spacial score (nSPS) is 10.9. The minimum absolute atomic E-state index is 0.579. The summed E-state index contributed by atoms with van der Waals surface area (Å²) in [6.07, 6.45) is 1.77. The number of halogens is 1. The third kappa shape index (κ3) is 1.98. The van der Waals surface area contributed by atoms with Gasteiger partial charge in [0.15, 0.2) is 0 Å². The van der Waals surface area contributed by atoms with Crippen molar-refractivity contribution in [1.29, 1.82) is 0 Å². The van der Waals surface area contributed by atoms with Gasteiger partial charge < -0.3 is 10.5 Å². The van der Waals surface area contributed by atoms with E-state index in [0.717, 1.165) is 28.2 Å². The molecule has 102 valence electrons. The molecule has 5 heteroatoms. The molecule has 0 fully saturated rings. The zero-order valence-electron chi connectivity index (χ0n) is 11.2. The number of methoxy groups -OCH3 is 1. The van der Waals surface area contributed by atoms with Gasteiger partial charge in [0.05, 0.1) is 12.1 Å². The largest absolute Gasteiger partial charge is 0.497 e. The van der Waals surface area contributed by atoms with Crippen LogP contribution in [-0.2, 0) is 0 Å². The molecule has 0 atom stereocenters. The zero-order valence-corrected chi connectivity index (χ0v) is 12.0. The fraction of sp³-hybridized carbons (Fsp3) is 0.133. The number of nitrogens with zero attached hydrogens (tertiary/aromatic N) is 2. The lowest BCUT2D eigenvalue weighted by Gasteiger charge is -2.06. The molecule has 2 N–H and O–H groups in total. The molecular weight excluding hydrogens is 274 g/mol. The van der Waals surface area contributed by atoms with E-state index in [2.05, 4.69) is 4.98 Å². The first kappa shape index (κ1) is 12.8. The Morgan fingerprint density at radius 1 is 1.25 bits per heavy atom. The van der Waals surface area contributed by atoms with E-state index in [4.69, 9.17) is 22.1 Å². The zero-order chi connectivity index (χ0) is 14.3. The Balaban J connectivity index is 2.22. The van der Waals surface area contributed by atoms with E-state index >= 15 is 0 Å². The summed E-state index contributed by atoms with van der Waals surface area (Å²) < 4.78 is 7.01. The van der Waals surface area contributed by atoms with Crippen LogP contribution in [0.4, 0.5) is 5.82 Å². The van der Waals surface area contributed by atoms with Crippen molar-refractivity contribution in [3.05, 3.63) is 47.1 Å². The van der Waals surface area contributed by atoms with Crippen molar-refractivity contribution in [3.8, 4) is 17.0 Å². The van der Waals surface area contributed by atoms with E-state index in [1.54, 1.807) is 23.8 Å². The summed E-state index contributed by atoms with van der Waals surface area (Å²) in [5.41, 5.74) is 9.77. The lowest BCUT2D eigenvalue weighted by molar-refractivity contribution is 0.414. The summed E-state index contributed by atoms with van der Waals surface area (Å²) in [5.74, 6) is 1.40. The van der Waals surface area contributed by atoms with Crippen LogP contribution < -0.4 is 10.5 Å². The van der Waals surface area contributed by atoms with Crippen LogP contribution in [0.1, 0.15) is 5.56 Å². The molecule has 0 bridgehead atoms. The van der Waals surface area contributed by atoms with Gasteiger partial charge in [-0.05, 0) is 42.8 Å². The molecule has 0 aliphatic heterocycles. The minimum Gasteiger partial charge on any atom is -0.497 e. The van der Waals surface area contributed by atoms with Gasteiger partial charge in [0.1, 0.15) is 22.9 Å². The van der Waals surface area contributed by atoms with Crippen LogP contribution in [0.25, 0.3) is 16.9 Å².